The van der Waals surface area contributed by atoms with E-state index in [4.69, 9.17) is 15.2 Å². The Morgan fingerprint density at radius 3 is 2.42 bits per heavy atom. The van der Waals surface area contributed by atoms with Crippen molar-refractivity contribution in [3.05, 3.63) is 58.1 Å². The van der Waals surface area contributed by atoms with Gasteiger partial charge >= 0.3 is 0 Å². The fraction of sp³-hybridized carbons (Fsp3) is 0.364. The van der Waals surface area contributed by atoms with Crippen LogP contribution in [0.2, 0.25) is 0 Å². The largest absolute Gasteiger partial charge is 0.507 e. The number of hydrogen-bond donors (Lipinski definition) is 2. The van der Waals surface area contributed by atoms with Crippen molar-refractivity contribution in [3.8, 4) is 11.5 Å². The molecule has 9 heteroatoms. The zero-order valence-electron chi connectivity index (χ0n) is 17.0. The fourth-order valence-corrected chi connectivity index (χ4v) is 3.86. The maximum Gasteiger partial charge on any atom is 0.201 e. The molecule has 31 heavy (non-hydrogen) atoms. The molecule has 0 atom stereocenters. The second-order valence-electron chi connectivity index (χ2n) is 7.19. The first-order chi connectivity index (χ1) is 14.1. The summed E-state index contributed by atoms with van der Waals surface area (Å²) in [6, 6.07) is 8.15. The first-order valence-corrected chi connectivity index (χ1v) is 9.82. The van der Waals surface area contributed by atoms with Gasteiger partial charge in [-0.15, -0.1) is 24.8 Å². The second-order valence-corrected chi connectivity index (χ2v) is 7.19. The van der Waals surface area contributed by atoms with Gasteiger partial charge in [-0.1, -0.05) is 18.2 Å². The zero-order chi connectivity index (χ0) is 20.4. The first kappa shape index (κ1) is 25.1. The predicted molar refractivity (Wildman–Crippen MR) is 121 cm³/mol. The number of fused-ring (bicyclic) bond motifs is 2. The van der Waals surface area contributed by atoms with Gasteiger partial charge in [0.25, 0.3) is 0 Å². The minimum absolute atomic E-state index is 0. The molecule has 168 valence electrons. The number of benzene rings is 2. The van der Waals surface area contributed by atoms with E-state index in [0.29, 0.717) is 23.5 Å². The van der Waals surface area contributed by atoms with Crippen molar-refractivity contribution in [2.24, 2.45) is 5.73 Å². The maximum absolute atomic E-state index is 13.2. The average Bonchev–Trinajstić information content (AvgIpc) is 2.75. The lowest BCUT2D eigenvalue weighted by Crippen LogP contribution is -2.37. The maximum atomic E-state index is 13.2. The molecule has 2 aliphatic rings. The molecule has 0 radical (unpaired) electrons. The van der Waals surface area contributed by atoms with Crippen molar-refractivity contribution >= 4 is 36.4 Å². The molecule has 2 aromatic rings. The van der Waals surface area contributed by atoms with Gasteiger partial charge < -0.3 is 20.3 Å². The number of nitrogens with zero attached hydrogens (tertiary/aromatic N) is 1. The Morgan fingerprint density at radius 1 is 1.00 bits per heavy atom. The molecule has 4 rings (SSSR count). The van der Waals surface area contributed by atoms with Gasteiger partial charge in [0.05, 0.1) is 30.9 Å². The van der Waals surface area contributed by atoms with E-state index >= 15 is 0 Å². The summed E-state index contributed by atoms with van der Waals surface area (Å²) in [6.45, 7) is 4.70. The highest BCUT2D eigenvalue weighted by molar-refractivity contribution is 6.30. The van der Waals surface area contributed by atoms with E-state index in [9.17, 15) is 14.7 Å². The summed E-state index contributed by atoms with van der Waals surface area (Å²) < 4.78 is 11.2. The van der Waals surface area contributed by atoms with E-state index in [1.54, 1.807) is 30.3 Å². The SMILES string of the molecule is Cl.Cl.NCc1ccc2c(c1O)C(=O)c1c(OCCCN3CCOCC3)cccc1C2=O. The van der Waals surface area contributed by atoms with Crippen molar-refractivity contribution < 1.29 is 24.2 Å². The fourth-order valence-electron chi connectivity index (χ4n) is 3.86. The Kier molecular flexibility index (Phi) is 8.85. The van der Waals surface area contributed by atoms with Crippen LogP contribution in [0.3, 0.4) is 0 Å². The van der Waals surface area contributed by atoms with Gasteiger partial charge in [0.1, 0.15) is 11.5 Å². The second kappa shape index (κ2) is 10.9. The first-order valence-electron chi connectivity index (χ1n) is 9.82. The molecule has 1 aliphatic heterocycles. The lowest BCUT2D eigenvalue weighted by molar-refractivity contribution is 0.0357. The van der Waals surface area contributed by atoms with Gasteiger partial charge in [0.2, 0.25) is 5.78 Å². The van der Waals surface area contributed by atoms with Crippen LogP contribution in [-0.4, -0.2) is 61.0 Å². The predicted octanol–water partition coefficient (Wildman–Crippen LogP) is 2.57. The minimum Gasteiger partial charge on any atom is -0.507 e. The van der Waals surface area contributed by atoms with E-state index in [1.807, 2.05) is 0 Å². The van der Waals surface area contributed by atoms with E-state index in [2.05, 4.69) is 4.90 Å². The lowest BCUT2D eigenvalue weighted by atomic mass is 9.82. The molecular formula is C22H26Cl2N2O5. The number of morpholine rings is 1. The Labute approximate surface area is 193 Å². The molecule has 0 saturated carbocycles. The number of phenolic OH excluding ortho intramolecular Hbond substituents is 1. The van der Waals surface area contributed by atoms with Crippen LogP contribution in [0, 0.1) is 0 Å². The number of ketones is 2. The van der Waals surface area contributed by atoms with Gasteiger partial charge in [-0.3, -0.25) is 14.5 Å². The number of phenols is 1. The van der Waals surface area contributed by atoms with Crippen molar-refractivity contribution in [2.45, 2.75) is 13.0 Å². The summed E-state index contributed by atoms with van der Waals surface area (Å²) in [7, 11) is 0. The summed E-state index contributed by atoms with van der Waals surface area (Å²) in [4.78, 5) is 28.4. The summed E-state index contributed by atoms with van der Waals surface area (Å²) in [5.41, 5.74) is 6.78. The number of ether oxygens (including phenoxy) is 2. The number of aromatic hydroxyl groups is 1. The van der Waals surface area contributed by atoms with E-state index in [-0.39, 0.29) is 59.6 Å². The van der Waals surface area contributed by atoms with Gasteiger partial charge in [-0.05, 0) is 18.6 Å². The third kappa shape index (κ3) is 4.86. The molecule has 3 N–H and O–H groups in total. The third-order valence-corrected chi connectivity index (χ3v) is 5.43. The summed E-state index contributed by atoms with van der Waals surface area (Å²) in [5.74, 6) is -0.569. The van der Waals surface area contributed by atoms with Crippen molar-refractivity contribution in [1.82, 2.24) is 4.90 Å². The number of nitrogens with two attached hydrogens (primary N) is 1. The zero-order valence-corrected chi connectivity index (χ0v) is 18.6. The average molecular weight is 469 g/mol. The molecule has 0 unspecified atom stereocenters. The Hall–Kier alpha value is -2.16. The highest BCUT2D eigenvalue weighted by atomic mass is 35.5. The molecule has 0 aromatic heterocycles. The Balaban J connectivity index is 0.00000171. The van der Waals surface area contributed by atoms with Gasteiger partial charge in [0, 0.05) is 42.9 Å². The van der Waals surface area contributed by atoms with Crippen LogP contribution in [0.15, 0.2) is 30.3 Å². The molecule has 1 fully saturated rings. The molecule has 7 nitrogen and oxygen atoms in total. The molecular weight excluding hydrogens is 443 g/mol. The summed E-state index contributed by atoms with van der Waals surface area (Å²) in [5, 5.41) is 10.5. The Morgan fingerprint density at radius 2 is 1.71 bits per heavy atom. The number of carbonyl (C=O) groups excluding carboxylic acids is 2. The van der Waals surface area contributed by atoms with Crippen LogP contribution >= 0.6 is 24.8 Å². The topological polar surface area (TPSA) is 102 Å². The van der Waals surface area contributed by atoms with Crippen LogP contribution in [0.5, 0.6) is 11.5 Å². The summed E-state index contributed by atoms with van der Waals surface area (Å²) >= 11 is 0. The number of halogens is 2. The molecule has 1 aliphatic carbocycles. The number of rotatable bonds is 6. The highest BCUT2D eigenvalue weighted by Gasteiger charge is 2.35. The third-order valence-electron chi connectivity index (χ3n) is 5.43. The molecule has 0 bridgehead atoms. The monoisotopic (exact) mass is 468 g/mol. The van der Waals surface area contributed by atoms with E-state index in [1.165, 1.54) is 0 Å². The summed E-state index contributed by atoms with van der Waals surface area (Å²) in [6.07, 6.45) is 0.797. The Bertz CT molecular complexity index is 961. The van der Waals surface area contributed by atoms with E-state index in [0.717, 1.165) is 39.3 Å². The quantitative estimate of drug-likeness (QED) is 0.535. The number of carbonyl (C=O) groups is 2. The number of hydrogen-bond acceptors (Lipinski definition) is 7. The van der Waals surface area contributed by atoms with Crippen molar-refractivity contribution in [1.29, 1.82) is 0 Å². The molecule has 1 saturated heterocycles. The molecule has 0 amide bonds. The highest BCUT2D eigenvalue weighted by Crippen LogP contribution is 2.38. The molecule has 0 spiro atoms. The lowest BCUT2D eigenvalue weighted by Gasteiger charge is -2.26. The van der Waals surface area contributed by atoms with Gasteiger partial charge in [-0.2, -0.15) is 0 Å². The van der Waals surface area contributed by atoms with Crippen molar-refractivity contribution in [2.75, 3.05) is 39.5 Å². The van der Waals surface area contributed by atoms with Gasteiger partial charge in [-0.25, -0.2) is 0 Å². The van der Waals surface area contributed by atoms with Crippen molar-refractivity contribution in [3.63, 3.8) is 0 Å². The van der Waals surface area contributed by atoms with Crippen LogP contribution in [0.1, 0.15) is 43.8 Å². The normalized spacial score (nSPS) is 15.4. The van der Waals surface area contributed by atoms with E-state index < -0.39 is 5.78 Å². The standard InChI is InChI=1S/C22H24N2O5.2ClH/c23-13-14-5-6-16-19(20(14)25)22(27)18-15(21(16)26)3-1-4-17(18)29-10-2-7-24-8-11-28-12-9-24;;/h1,3-6,25H,2,7-13,23H2;2*1H. The van der Waals surface area contributed by atoms with Crippen LogP contribution in [-0.2, 0) is 11.3 Å². The van der Waals surface area contributed by atoms with Gasteiger partial charge in [0.15, 0.2) is 5.78 Å². The molecule has 1 heterocycles. The minimum atomic E-state index is -0.411. The molecule has 2 aromatic carbocycles. The van der Waals surface area contributed by atoms with Crippen LogP contribution < -0.4 is 10.5 Å². The smallest absolute Gasteiger partial charge is 0.201 e. The van der Waals surface area contributed by atoms with Crippen LogP contribution in [0.4, 0.5) is 0 Å². The van der Waals surface area contributed by atoms with Crippen LogP contribution in [0.25, 0.3) is 0 Å².